The predicted octanol–water partition coefficient (Wildman–Crippen LogP) is 2.87. The lowest BCUT2D eigenvalue weighted by Gasteiger charge is -2.12. The van der Waals surface area contributed by atoms with Gasteiger partial charge in [0.2, 0.25) is 0 Å². The maximum atomic E-state index is 13.8. The second-order valence-corrected chi connectivity index (χ2v) is 4.47. The van der Waals surface area contributed by atoms with Crippen molar-refractivity contribution >= 4 is 0 Å². The minimum atomic E-state index is -0.284. The Morgan fingerprint density at radius 2 is 1.90 bits per heavy atom. The zero-order valence-corrected chi connectivity index (χ0v) is 11.4. The van der Waals surface area contributed by atoms with Crippen molar-refractivity contribution in [3.63, 3.8) is 0 Å². The molecule has 2 N–H and O–H groups in total. The van der Waals surface area contributed by atoms with Crippen LogP contribution < -0.4 is 10.1 Å². The van der Waals surface area contributed by atoms with E-state index < -0.39 is 0 Å². The molecule has 0 radical (unpaired) electrons. The molecule has 106 valence electrons. The SMILES string of the molecule is CNCc1c(F)cccc1Oc1ccc(CCO)cc1. The number of hydrogen-bond donors (Lipinski definition) is 2. The van der Waals surface area contributed by atoms with Gasteiger partial charge >= 0.3 is 0 Å². The van der Waals surface area contributed by atoms with Gasteiger partial charge in [-0.05, 0) is 43.3 Å². The third kappa shape index (κ3) is 3.56. The van der Waals surface area contributed by atoms with Crippen molar-refractivity contribution in [2.75, 3.05) is 13.7 Å². The molecule has 0 saturated carbocycles. The summed E-state index contributed by atoms with van der Waals surface area (Å²) in [6, 6.07) is 12.2. The van der Waals surface area contributed by atoms with E-state index in [0.717, 1.165) is 5.56 Å². The van der Waals surface area contributed by atoms with Gasteiger partial charge in [-0.25, -0.2) is 4.39 Å². The first kappa shape index (κ1) is 14.5. The van der Waals surface area contributed by atoms with Gasteiger partial charge < -0.3 is 15.2 Å². The summed E-state index contributed by atoms with van der Waals surface area (Å²) < 4.78 is 19.5. The van der Waals surface area contributed by atoms with E-state index in [0.29, 0.717) is 30.0 Å². The summed E-state index contributed by atoms with van der Waals surface area (Å²) >= 11 is 0. The average molecular weight is 275 g/mol. The number of aliphatic hydroxyl groups excluding tert-OH is 1. The smallest absolute Gasteiger partial charge is 0.134 e. The van der Waals surface area contributed by atoms with Gasteiger partial charge in [-0.3, -0.25) is 0 Å². The first-order chi connectivity index (χ1) is 9.74. The van der Waals surface area contributed by atoms with Crippen LogP contribution in [0.5, 0.6) is 11.5 Å². The first-order valence-electron chi connectivity index (χ1n) is 6.54. The summed E-state index contributed by atoms with van der Waals surface area (Å²) in [6.07, 6.45) is 0.616. The van der Waals surface area contributed by atoms with Crippen LogP contribution in [0.1, 0.15) is 11.1 Å². The van der Waals surface area contributed by atoms with Crippen LogP contribution in [-0.4, -0.2) is 18.8 Å². The summed E-state index contributed by atoms with van der Waals surface area (Å²) in [7, 11) is 1.76. The minimum Gasteiger partial charge on any atom is -0.457 e. The van der Waals surface area contributed by atoms with Gasteiger partial charge in [0.15, 0.2) is 0 Å². The van der Waals surface area contributed by atoms with Crippen LogP contribution in [0.15, 0.2) is 42.5 Å². The molecule has 0 aliphatic carbocycles. The number of hydrogen-bond acceptors (Lipinski definition) is 3. The Balaban J connectivity index is 2.19. The number of ether oxygens (including phenoxy) is 1. The molecule has 0 unspecified atom stereocenters. The standard InChI is InChI=1S/C16H18FNO2/c1-18-11-14-15(17)3-2-4-16(14)20-13-7-5-12(6-8-13)9-10-19/h2-8,18-19H,9-11H2,1H3. The second-order valence-electron chi connectivity index (χ2n) is 4.47. The van der Waals surface area contributed by atoms with E-state index in [4.69, 9.17) is 9.84 Å². The molecule has 0 heterocycles. The van der Waals surface area contributed by atoms with Crippen molar-refractivity contribution in [3.8, 4) is 11.5 Å². The Bertz CT molecular complexity index is 555. The lowest BCUT2D eigenvalue weighted by molar-refractivity contribution is 0.299. The van der Waals surface area contributed by atoms with Crippen LogP contribution in [0.4, 0.5) is 4.39 Å². The van der Waals surface area contributed by atoms with Gasteiger partial charge in [-0.15, -0.1) is 0 Å². The molecule has 20 heavy (non-hydrogen) atoms. The van der Waals surface area contributed by atoms with E-state index in [1.54, 1.807) is 19.2 Å². The Morgan fingerprint density at radius 1 is 1.15 bits per heavy atom. The van der Waals surface area contributed by atoms with Crippen LogP contribution in [0.25, 0.3) is 0 Å². The highest BCUT2D eigenvalue weighted by Crippen LogP contribution is 2.27. The third-order valence-corrected chi connectivity index (χ3v) is 2.98. The molecule has 2 aromatic rings. The molecule has 4 heteroatoms. The van der Waals surface area contributed by atoms with Crippen molar-refractivity contribution in [3.05, 3.63) is 59.4 Å². The van der Waals surface area contributed by atoms with Gasteiger partial charge in [0.25, 0.3) is 0 Å². The summed E-state index contributed by atoms with van der Waals surface area (Å²) in [5, 5.41) is 11.8. The molecule has 3 nitrogen and oxygen atoms in total. The molecule has 0 fully saturated rings. The van der Waals surface area contributed by atoms with Crippen molar-refractivity contribution < 1.29 is 14.2 Å². The van der Waals surface area contributed by atoms with Crippen LogP contribution in [0.2, 0.25) is 0 Å². The monoisotopic (exact) mass is 275 g/mol. The normalized spacial score (nSPS) is 10.6. The topological polar surface area (TPSA) is 41.5 Å². The van der Waals surface area contributed by atoms with Crippen LogP contribution in [0.3, 0.4) is 0 Å². The van der Waals surface area contributed by atoms with E-state index in [1.807, 2.05) is 24.3 Å². The third-order valence-electron chi connectivity index (χ3n) is 2.98. The molecular formula is C16H18FNO2. The van der Waals surface area contributed by atoms with Crippen LogP contribution in [0, 0.1) is 5.82 Å². The van der Waals surface area contributed by atoms with E-state index >= 15 is 0 Å². The molecule has 0 saturated heterocycles. The Kier molecular flexibility index (Phi) is 5.09. The predicted molar refractivity (Wildman–Crippen MR) is 76.5 cm³/mol. The lowest BCUT2D eigenvalue weighted by Crippen LogP contribution is -2.08. The van der Waals surface area contributed by atoms with Gasteiger partial charge in [0.1, 0.15) is 17.3 Å². The highest BCUT2D eigenvalue weighted by molar-refractivity contribution is 5.39. The highest BCUT2D eigenvalue weighted by Gasteiger charge is 2.09. The summed E-state index contributed by atoms with van der Waals surface area (Å²) in [4.78, 5) is 0. The Morgan fingerprint density at radius 3 is 2.55 bits per heavy atom. The van der Waals surface area contributed by atoms with E-state index in [-0.39, 0.29) is 12.4 Å². The number of nitrogens with one attached hydrogen (secondary N) is 1. The molecule has 0 aromatic heterocycles. The van der Waals surface area contributed by atoms with E-state index in [1.165, 1.54) is 6.07 Å². The lowest BCUT2D eigenvalue weighted by atomic mass is 10.1. The zero-order chi connectivity index (χ0) is 14.4. The fraction of sp³-hybridized carbons (Fsp3) is 0.250. The molecule has 0 aliphatic heterocycles. The van der Waals surface area contributed by atoms with Gasteiger partial charge in [0, 0.05) is 18.7 Å². The Hall–Kier alpha value is -1.91. The zero-order valence-electron chi connectivity index (χ0n) is 11.4. The van der Waals surface area contributed by atoms with Gasteiger partial charge in [-0.2, -0.15) is 0 Å². The maximum absolute atomic E-state index is 13.8. The van der Waals surface area contributed by atoms with Crippen molar-refractivity contribution in [2.24, 2.45) is 0 Å². The fourth-order valence-electron chi connectivity index (χ4n) is 1.96. The quantitative estimate of drug-likeness (QED) is 0.851. The fourth-order valence-corrected chi connectivity index (χ4v) is 1.96. The molecule has 0 atom stereocenters. The number of rotatable bonds is 6. The molecule has 0 bridgehead atoms. The summed E-state index contributed by atoms with van der Waals surface area (Å²) in [5.74, 6) is 0.873. The minimum absolute atomic E-state index is 0.121. The second kappa shape index (κ2) is 7.03. The Labute approximate surface area is 118 Å². The summed E-state index contributed by atoms with van der Waals surface area (Å²) in [5.41, 5.74) is 1.55. The number of halogens is 1. The maximum Gasteiger partial charge on any atom is 0.134 e. The molecular weight excluding hydrogens is 257 g/mol. The van der Waals surface area contributed by atoms with Gasteiger partial charge in [-0.1, -0.05) is 18.2 Å². The van der Waals surface area contributed by atoms with Crippen molar-refractivity contribution in [2.45, 2.75) is 13.0 Å². The van der Waals surface area contributed by atoms with Crippen molar-refractivity contribution in [1.82, 2.24) is 5.32 Å². The van der Waals surface area contributed by atoms with E-state index in [2.05, 4.69) is 5.32 Å². The first-order valence-corrected chi connectivity index (χ1v) is 6.54. The van der Waals surface area contributed by atoms with Crippen LogP contribution in [-0.2, 0) is 13.0 Å². The van der Waals surface area contributed by atoms with Crippen molar-refractivity contribution in [1.29, 1.82) is 0 Å². The number of aliphatic hydroxyl groups is 1. The molecule has 2 aromatic carbocycles. The molecule has 0 aliphatic rings. The summed E-state index contributed by atoms with van der Waals surface area (Å²) in [6.45, 7) is 0.529. The van der Waals surface area contributed by atoms with E-state index in [9.17, 15) is 4.39 Å². The highest BCUT2D eigenvalue weighted by atomic mass is 19.1. The largest absolute Gasteiger partial charge is 0.457 e. The molecule has 0 spiro atoms. The average Bonchev–Trinajstić information content (AvgIpc) is 2.45. The van der Waals surface area contributed by atoms with Crippen LogP contribution >= 0.6 is 0 Å². The van der Waals surface area contributed by atoms with Gasteiger partial charge in [0.05, 0.1) is 0 Å². The molecule has 2 rings (SSSR count). The molecule has 0 amide bonds. The number of benzene rings is 2.